The molecule has 0 amide bonds. The van der Waals surface area contributed by atoms with Crippen LogP contribution in [-0.2, 0) is 4.79 Å². The fourth-order valence-corrected chi connectivity index (χ4v) is 2.25. The number of hydrogen-bond donors (Lipinski definition) is 3. The third-order valence-corrected chi connectivity index (χ3v) is 3.52. The number of β-amino-alcohol motifs (C(OH)–C–C–N with tert-alkyl or cyclic N) is 2. The van der Waals surface area contributed by atoms with E-state index in [0.29, 0.717) is 0 Å². The summed E-state index contributed by atoms with van der Waals surface area (Å²) in [5, 5.41) is 25.7. The number of carboxylic acids is 1. The minimum atomic E-state index is -0.922. The van der Waals surface area contributed by atoms with Crippen molar-refractivity contribution >= 4 is 12.0 Å². The highest BCUT2D eigenvalue weighted by atomic mass is 16.4. The lowest BCUT2D eigenvalue weighted by Crippen LogP contribution is -2.47. The van der Waals surface area contributed by atoms with Crippen LogP contribution in [-0.4, -0.2) is 83.6 Å². The van der Waals surface area contributed by atoms with E-state index in [4.69, 9.17) is 15.3 Å². The Labute approximate surface area is 137 Å². The zero-order valence-electron chi connectivity index (χ0n) is 13.3. The van der Waals surface area contributed by atoms with E-state index in [1.165, 1.54) is 0 Å². The third-order valence-electron chi connectivity index (χ3n) is 3.52. The monoisotopic (exact) mass is 322 g/mol. The predicted molar refractivity (Wildman–Crippen MR) is 90.2 cm³/mol. The number of aliphatic hydroxyl groups excluding tert-OH is 2. The third kappa shape index (κ3) is 9.10. The summed E-state index contributed by atoms with van der Waals surface area (Å²) in [6.45, 7) is 6.13. The molecule has 23 heavy (non-hydrogen) atoms. The number of aliphatic carboxylic acids is 1. The average Bonchev–Trinajstić information content (AvgIpc) is 2.57. The number of carbonyl (C=O) groups is 1. The first-order valence-corrected chi connectivity index (χ1v) is 7.78. The second-order valence-electron chi connectivity index (χ2n) is 5.21. The quantitative estimate of drug-likeness (QED) is 0.657. The van der Waals surface area contributed by atoms with Crippen molar-refractivity contribution in [3.8, 4) is 0 Å². The molecule has 6 nitrogen and oxygen atoms in total. The Balaban J connectivity index is 0.000000231. The van der Waals surface area contributed by atoms with Crippen molar-refractivity contribution in [3.05, 3.63) is 42.0 Å². The highest BCUT2D eigenvalue weighted by Crippen LogP contribution is 2.00. The van der Waals surface area contributed by atoms with E-state index >= 15 is 0 Å². The highest BCUT2D eigenvalue weighted by Gasteiger charge is 2.14. The van der Waals surface area contributed by atoms with E-state index in [-0.39, 0.29) is 13.2 Å². The van der Waals surface area contributed by atoms with Crippen molar-refractivity contribution in [2.75, 3.05) is 52.5 Å². The summed E-state index contributed by atoms with van der Waals surface area (Å²) >= 11 is 0. The number of nitrogens with zero attached hydrogens (tertiary/aromatic N) is 2. The van der Waals surface area contributed by atoms with Crippen molar-refractivity contribution in [1.82, 2.24) is 9.80 Å². The maximum Gasteiger partial charge on any atom is 0.328 e. The maximum atomic E-state index is 10.1. The molecule has 0 saturated carbocycles. The summed E-state index contributed by atoms with van der Waals surface area (Å²) < 4.78 is 0. The lowest BCUT2D eigenvalue weighted by Gasteiger charge is -2.33. The summed E-state index contributed by atoms with van der Waals surface area (Å²) in [5.74, 6) is -0.922. The van der Waals surface area contributed by atoms with Crippen LogP contribution in [0.5, 0.6) is 0 Å². The zero-order valence-corrected chi connectivity index (χ0v) is 13.3. The van der Waals surface area contributed by atoms with Gasteiger partial charge < -0.3 is 15.3 Å². The predicted octanol–water partition coefficient (Wildman–Crippen LogP) is 0.373. The molecule has 1 fully saturated rings. The molecule has 1 aromatic rings. The molecule has 1 aliphatic rings. The molecule has 0 unspecified atom stereocenters. The van der Waals surface area contributed by atoms with E-state index < -0.39 is 5.97 Å². The largest absolute Gasteiger partial charge is 0.478 e. The van der Waals surface area contributed by atoms with Gasteiger partial charge in [0.2, 0.25) is 0 Å². The van der Waals surface area contributed by atoms with Crippen LogP contribution >= 0.6 is 0 Å². The Hall–Kier alpha value is -1.73. The molecule has 0 radical (unpaired) electrons. The minimum absolute atomic E-state index is 0.250. The van der Waals surface area contributed by atoms with E-state index in [9.17, 15) is 4.79 Å². The first kappa shape index (κ1) is 19.3. The summed E-state index contributed by atoms with van der Waals surface area (Å²) in [5.41, 5.74) is 0.898. The molecule has 0 spiro atoms. The Morgan fingerprint density at radius 1 is 0.957 bits per heavy atom. The first-order valence-electron chi connectivity index (χ1n) is 7.78. The van der Waals surface area contributed by atoms with Crippen LogP contribution in [0.2, 0.25) is 0 Å². The van der Waals surface area contributed by atoms with Crippen LogP contribution in [0.1, 0.15) is 5.56 Å². The van der Waals surface area contributed by atoms with Crippen molar-refractivity contribution in [2.24, 2.45) is 0 Å². The van der Waals surface area contributed by atoms with Crippen LogP contribution in [0, 0.1) is 0 Å². The van der Waals surface area contributed by atoms with Gasteiger partial charge in [-0.25, -0.2) is 4.79 Å². The van der Waals surface area contributed by atoms with Gasteiger partial charge in [0.1, 0.15) is 0 Å². The molecule has 3 N–H and O–H groups in total. The van der Waals surface area contributed by atoms with Gasteiger partial charge in [0.15, 0.2) is 0 Å². The Kier molecular flexibility index (Phi) is 9.90. The van der Waals surface area contributed by atoms with Crippen molar-refractivity contribution in [3.63, 3.8) is 0 Å². The molecular weight excluding hydrogens is 296 g/mol. The van der Waals surface area contributed by atoms with Crippen LogP contribution in [0.3, 0.4) is 0 Å². The number of piperazine rings is 1. The van der Waals surface area contributed by atoms with Gasteiger partial charge in [-0.05, 0) is 11.6 Å². The van der Waals surface area contributed by atoms with E-state index in [2.05, 4.69) is 9.80 Å². The molecule has 0 atom stereocenters. The molecule has 2 rings (SSSR count). The summed E-state index contributed by atoms with van der Waals surface area (Å²) in [4.78, 5) is 14.6. The van der Waals surface area contributed by atoms with Crippen LogP contribution in [0.4, 0.5) is 0 Å². The van der Waals surface area contributed by atoms with Gasteiger partial charge in [-0.15, -0.1) is 0 Å². The smallest absolute Gasteiger partial charge is 0.328 e. The van der Waals surface area contributed by atoms with Gasteiger partial charge in [-0.3, -0.25) is 9.80 Å². The fourth-order valence-electron chi connectivity index (χ4n) is 2.25. The molecule has 0 aromatic heterocycles. The number of benzene rings is 1. The van der Waals surface area contributed by atoms with Crippen molar-refractivity contribution in [2.45, 2.75) is 0 Å². The number of carboxylic acid groups (broad SMARTS) is 1. The van der Waals surface area contributed by atoms with Crippen LogP contribution in [0.25, 0.3) is 6.08 Å². The van der Waals surface area contributed by atoms with Crippen LogP contribution < -0.4 is 0 Å². The SMILES string of the molecule is O=C(O)/C=C/c1ccccc1.OCCN1CCN(CCO)CC1. The van der Waals surface area contributed by atoms with Gasteiger partial charge in [0, 0.05) is 45.3 Å². The van der Waals surface area contributed by atoms with E-state index in [1.807, 2.05) is 30.3 Å². The summed E-state index contributed by atoms with van der Waals surface area (Å²) in [6, 6.07) is 9.31. The Morgan fingerprint density at radius 3 is 1.83 bits per heavy atom. The number of aliphatic hydroxyl groups is 2. The van der Waals surface area contributed by atoms with Gasteiger partial charge in [-0.1, -0.05) is 30.3 Å². The molecule has 128 valence electrons. The lowest BCUT2D eigenvalue weighted by molar-refractivity contribution is -0.131. The molecule has 0 aliphatic carbocycles. The van der Waals surface area contributed by atoms with E-state index in [1.54, 1.807) is 6.08 Å². The number of hydrogen-bond acceptors (Lipinski definition) is 5. The second-order valence-corrected chi connectivity index (χ2v) is 5.21. The highest BCUT2D eigenvalue weighted by molar-refractivity contribution is 5.85. The molecule has 1 aromatic carbocycles. The zero-order chi connectivity index (χ0) is 16.9. The van der Waals surface area contributed by atoms with Gasteiger partial charge in [0.25, 0.3) is 0 Å². The van der Waals surface area contributed by atoms with Crippen molar-refractivity contribution < 1.29 is 20.1 Å². The fraction of sp³-hybridized carbons (Fsp3) is 0.471. The molecule has 1 aliphatic heterocycles. The standard InChI is InChI=1S/C9H8O2.C8H18N2O2/c10-9(11)7-6-8-4-2-1-3-5-8;11-7-5-9-1-2-10(4-3-9)6-8-12/h1-7H,(H,10,11);11-12H,1-8H2/b7-6+;. The normalized spacial score (nSPS) is 16.1. The Bertz CT molecular complexity index is 443. The maximum absolute atomic E-state index is 10.1. The van der Waals surface area contributed by atoms with Crippen molar-refractivity contribution in [1.29, 1.82) is 0 Å². The molecule has 6 heteroatoms. The summed E-state index contributed by atoms with van der Waals surface area (Å²) in [7, 11) is 0. The number of rotatable bonds is 6. The Morgan fingerprint density at radius 2 is 1.43 bits per heavy atom. The van der Waals surface area contributed by atoms with Crippen LogP contribution in [0.15, 0.2) is 36.4 Å². The molecule has 1 saturated heterocycles. The molecule has 0 bridgehead atoms. The van der Waals surface area contributed by atoms with Gasteiger partial charge in [0.05, 0.1) is 13.2 Å². The first-order chi connectivity index (χ1) is 11.2. The minimum Gasteiger partial charge on any atom is -0.478 e. The molecule has 1 heterocycles. The summed E-state index contributed by atoms with van der Waals surface area (Å²) in [6.07, 6.45) is 2.68. The molecular formula is C17H26N2O4. The second kappa shape index (κ2) is 11.8. The topological polar surface area (TPSA) is 84.2 Å². The van der Waals surface area contributed by atoms with E-state index in [0.717, 1.165) is 50.9 Å². The van der Waals surface area contributed by atoms with Gasteiger partial charge in [-0.2, -0.15) is 0 Å². The average molecular weight is 322 g/mol. The lowest BCUT2D eigenvalue weighted by atomic mass is 10.2. The van der Waals surface area contributed by atoms with Gasteiger partial charge >= 0.3 is 5.97 Å².